The van der Waals surface area contributed by atoms with Gasteiger partial charge in [0.15, 0.2) is 0 Å². The Bertz CT molecular complexity index is 1070. The van der Waals surface area contributed by atoms with Crippen LogP contribution in [0.25, 0.3) is 6.08 Å². The summed E-state index contributed by atoms with van der Waals surface area (Å²) in [6.45, 7) is 2.74. The molecule has 0 unspecified atom stereocenters. The van der Waals surface area contributed by atoms with Gasteiger partial charge in [-0.3, -0.25) is 14.5 Å². The third-order valence-corrected chi connectivity index (χ3v) is 7.18. The first kappa shape index (κ1) is 20.3. The molecule has 2 aliphatic rings. The normalized spacial score (nSPS) is 18.7. The standard InChI is InChI=1S/C22H23N3O4S/c26-21(17-25-22(27)19-10-4-5-11-20(19)30(25,28)29)24-15-13-23(14-16-24)12-6-9-18-7-2-1-3-8-18/h1-11H,12-17H2. The molecule has 2 aromatic rings. The number of sulfonamides is 1. The zero-order valence-corrected chi connectivity index (χ0v) is 17.3. The average molecular weight is 426 g/mol. The number of piperazine rings is 1. The number of benzene rings is 2. The van der Waals surface area contributed by atoms with Gasteiger partial charge in [-0.1, -0.05) is 54.6 Å². The van der Waals surface area contributed by atoms with Gasteiger partial charge in [0.05, 0.1) is 5.56 Å². The number of rotatable bonds is 5. The Balaban J connectivity index is 1.31. The first-order chi connectivity index (χ1) is 14.5. The molecule has 0 spiro atoms. The summed E-state index contributed by atoms with van der Waals surface area (Å²) in [6, 6.07) is 16.1. The van der Waals surface area contributed by atoms with E-state index in [0.29, 0.717) is 30.5 Å². The molecule has 0 aliphatic carbocycles. The van der Waals surface area contributed by atoms with Crippen LogP contribution < -0.4 is 0 Å². The van der Waals surface area contributed by atoms with Gasteiger partial charge >= 0.3 is 0 Å². The fourth-order valence-electron chi connectivity index (χ4n) is 3.69. The number of carbonyl (C=O) groups excluding carboxylic acids is 2. The van der Waals surface area contributed by atoms with Gasteiger partial charge in [0, 0.05) is 32.7 Å². The Morgan fingerprint density at radius 2 is 1.60 bits per heavy atom. The van der Waals surface area contributed by atoms with Crippen molar-refractivity contribution >= 4 is 27.9 Å². The summed E-state index contributed by atoms with van der Waals surface area (Å²) in [5, 5.41) is 0. The molecule has 0 N–H and O–H groups in total. The van der Waals surface area contributed by atoms with Crippen molar-refractivity contribution in [1.82, 2.24) is 14.1 Å². The van der Waals surface area contributed by atoms with Crippen molar-refractivity contribution in [2.24, 2.45) is 0 Å². The fraction of sp³-hybridized carbons (Fsp3) is 0.273. The molecule has 1 saturated heterocycles. The molecule has 0 atom stereocenters. The van der Waals surface area contributed by atoms with Crippen LogP contribution in [0.5, 0.6) is 0 Å². The summed E-state index contributed by atoms with van der Waals surface area (Å²) in [4.78, 5) is 29.0. The molecule has 7 nitrogen and oxygen atoms in total. The van der Waals surface area contributed by atoms with Crippen LogP contribution in [0.2, 0.25) is 0 Å². The molecule has 8 heteroatoms. The maximum Gasteiger partial charge on any atom is 0.269 e. The topological polar surface area (TPSA) is 78.0 Å². The minimum Gasteiger partial charge on any atom is -0.339 e. The van der Waals surface area contributed by atoms with Crippen LogP contribution in [-0.2, 0) is 14.8 Å². The molecule has 2 aliphatic heterocycles. The highest BCUT2D eigenvalue weighted by Crippen LogP contribution is 2.29. The zero-order valence-electron chi connectivity index (χ0n) is 16.5. The quantitative estimate of drug-likeness (QED) is 0.729. The van der Waals surface area contributed by atoms with Gasteiger partial charge in [-0.25, -0.2) is 12.7 Å². The van der Waals surface area contributed by atoms with Crippen LogP contribution in [0.3, 0.4) is 0 Å². The lowest BCUT2D eigenvalue weighted by Gasteiger charge is -2.34. The van der Waals surface area contributed by atoms with E-state index in [1.165, 1.54) is 12.1 Å². The predicted molar refractivity (Wildman–Crippen MR) is 113 cm³/mol. The fourth-order valence-corrected chi connectivity index (χ4v) is 5.21. The lowest BCUT2D eigenvalue weighted by atomic mass is 10.2. The first-order valence-electron chi connectivity index (χ1n) is 9.84. The average Bonchev–Trinajstić information content (AvgIpc) is 2.96. The number of hydrogen-bond acceptors (Lipinski definition) is 5. The maximum absolute atomic E-state index is 12.7. The van der Waals surface area contributed by atoms with Crippen LogP contribution in [0.4, 0.5) is 0 Å². The smallest absolute Gasteiger partial charge is 0.269 e. The van der Waals surface area contributed by atoms with Gasteiger partial charge in [-0.15, -0.1) is 0 Å². The van der Waals surface area contributed by atoms with Crippen molar-refractivity contribution in [3.05, 3.63) is 71.8 Å². The molecule has 4 rings (SSSR count). The monoisotopic (exact) mass is 425 g/mol. The van der Waals surface area contributed by atoms with Crippen molar-refractivity contribution < 1.29 is 18.0 Å². The van der Waals surface area contributed by atoms with Crippen molar-refractivity contribution in [3.8, 4) is 0 Å². The van der Waals surface area contributed by atoms with Crippen molar-refractivity contribution in [1.29, 1.82) is 0 Å². The lowest BCUT2D eigenvalue weighted by molar-refractivity contribution is -0.132. The Morgan fingerprint density at radius 1 is 0.933 bits per heavy atom. The molecule has 1 fully saturated rings. The second-order valence-electron chi connectivity index (χ2n) is 7.31. The van der Waals surface area contributed by atoms with E-state index in [4.69, 9.17) is 0 Å². The maximum atomic E-state index is 12.7. The largest absolute Gasteiger partial charge is 0.339 e. The van der Waals surface area contributed by atoms with Crippen LogP contribution in [-0.4, -0.2) is 73.6 Å². The van der Waals surface area contributed by atoms with Crippen LogP contribution in [0.15, 0.2) is 65.6 Å². The number of nitrogens with zero attached hydrogens (tertiary/aromatic N) is 3. The lowest BCUT2D eigenvalue weighted by Crippen LogP contribution is -2.51. The van der Waals surface area contributed by atoms with E-state index < -0.39 is 22.5 Å². The molecule has 0 aromatic heterocycles. The number of fused-ring (bicyclic) bond motifs is 1. The van der Waals surface area contributed by atoms with Crippen molar-refractivity contribution in [2.75, 3.05) is 39.3 Å². The van der Waals surface area contributed by atoms with Crippen LogP contribution >= 0.6 is 0 Å². The third-order valence-electron chi connectivity index (χ3n) is 5.39. The Kier molecular flexibility index (Phi) is 5.69. The molecule has 30 heavy (non-hydrogen) atoms. The second kappa shape index (κ2) is 8.41. The molecule has 2 aromatic carbocycles. The van der Waals surface area contributed by atoms with E-state index in [-0.39, 0.29) is 16.4 Å². The highest BCUT2D eigenvalue weighted by molar-refractivity contribution is 7.90. The molecule has 0 saturated carbocycles. The predicted octanol–water partition coefficient (Wildman–Crippen LogP) is 1.69. The minimum atomic E-state index is -3.96. The summed E-state index contributed by atoms with van der Waals surface area (Å²) < 4.78 is 25.9. The molecule has 2 amide bonds. The van der Waals surface area contributed by atoms with Crippen molar-refractivity contribution in [2.45, 2.75) is 4.90 Å². The summed E-state index contributed by atoms with van der Waals surface area (Å²) in [6.07, 6.45) is 4.17. The number of amides is 2. The Morgan fingerprint density at radius 3 is 2.30 bits per heavy atom. The summed E-state index contributed by atoms with van der Waals surface area (Å²) in [5.41, 5.74) is 1.27. The third kappa shape index (κ3) is 4.01. The van der Waals surface area contributed by atoms with E-state index in [0.717, 1.165) is 12.1 Å². The zero-order chi connectivity index (χ0) is 21.1. The summed E-state index contributed by atoms with van der Waals surface area (Å²) >= 11 is 0. The molecular weight excluding hydrogens is 402 g/mol. The second-order valence-corrected chi connectivity index (χ2v) is 9.14. The first-order valence-corrected chi connectivity index (χ1v) is 11.3. The Labute approximate surface area is 176 Å². The van der Waals surface area contributed by atoms with E-state index in [1.54, 1.807) is 17.0 Å². The van der Waals surface area contributed by atoms with Gasteiger partial charge in [0.25, 0.3) is 15.9 Å². The van der Waals surface area contributed by atoms with Crippen LogP contribution in [0.1, 0.15) is 15.9 Å². The summed E-state index contributed by atoms with van der Waals surface area (Å²) in [7, 11) is -3.96. The molecular formula is C22H23N3O4S. The SMILES string of the molecule is O=C(CN1C(=O)c2ccccc2S1(=O)=O)N1CCN(CC=Cc2ccccc2)CC1. The van der Waals surface area contributed by atoms with Gasteiger partial charge in [0.1, 0.15) is 11.4 Å². The van der Waals surface area contributed by atoms with Gasteiger partial charge < -0.3 is 4.90 Å². The molecule has 2 heterocycles. The molecule has 156 valence electrons. The minimum absolute atomic E-state index is 0.0298. The van der Waals surface area contributed by atoms with E-state index in [2.05, 4.69) is 17.1 Å². The molecule has 0 radical (unpaired) electrons. The Hall–Kier alpha value is -2.97. The van der Waals surface area contributed by atoms with Crippen molar-refractivity contribution in [3.63, 3.8) is 0 Å². The van der Waals surface area contributed by atoms with E-state index in [9.17, 15) is 18.0 Å². The highest BCUT2D eigenvalue weighted by atomic mass is 32.2. The van der Waals surface area contributed by atoms with Gasteiger partial charge in [-0.2, -0.15) is 0 Å². The van der Waals surface area contributed by atoms with Crippen LogP contribution in [0, 0.1) is 0 Å². The van der Waals surface area contributed by atoms with E-state index >= 15 is 0 Å². The van der Waals surface area contributed by atoms with Gasteiger partial charge in [0.2, 0.25) is 5.91 Å². The number of carbonyl (C=O) groups is 2. The molecule has 0 bridgehead atoms. The number of hydrogen-bond donors (Lipinski definition) is 0. The van der Waals surface area contributed by atoms with E-state index in [1.807, 2.05) is 30.3 Å². The highest BCUT2D eigenvalue weighted by Gasteiger charge is 2.42. The van der Waals surface area contributed by atoms with Gasteiger partial charge in [-0.05, 0) is 17.7 Å². The summed E-state index contributed by atoms with van der Waals surface area (Å²) in [5.74, 6) is -0.983.